The fourth-order valence-electron chi connectivity index (χ4n) is 6.48. The molecule has 17 heteroatoms. The number of aliphatic hydroxyl groups is 3. The number of carbonyl (C=O) groups excluding carboxylic acids is 2. The van der Waals surface area contributed by atoms with Gasteiger partial charge in [-0.15, -0.1) is 0 Å². The van der Waals surface area contributed by atoms with Gasteiger partial charge in [0, 0.05) is 11.1 Å². The van der Waals surface area contributed by atoms with Crippen molar-refractivity contribution < 1.29 is 43.2 Å². The summed E-state index contributed by atoms with van der Waals surface area (Å²) in [7, 11) is 0. The summed E-state index contributed by atoms with van der Waals surface area (Å²) < 4.78 is 43.0. The molecule has 4 aromatic heterocycles. The average Bonchev–Trinajstić information content (AvgIpc) is 3.97. The van der Waals surface area contributed by atoms with Crippen LogP contribution in [0.15, 0.2) is 97.6 Å². The van der Waals surface area contributed by atoms with Gasteiger partial charge in [0.05, 0.1) is 24.1 Å². The van der Waals surface area contributed by atoms with Crippen LogP contribution in [-0.4, -0.2) is 99.7 Å². The van der Waals surface area contributed by atoms with Gasteiger partial charge >= 0.3 is 0 Å². The molecule has 8 atom stereocenters. The van der Waals surface area contributed by atoms with Crippen molar-refractivity contribution in [3.8, 4) is 0 Å². The van der Waals surface area contributed by atoms with Crippen molar-refractivity contribution in [2.24, 2.45) is 0 Å². The maximum Gasteiger partial charge on any atom is 0.256 e. The number of halogens is 2. The molecule has 8 rings (SSSR count). The molecule has 6 aromatic rings. The number of amides is 2. The Morgan fingerprint density at radius 3 is 1.50 bits per heavy atom. The number of fused-ring (bicyclic) bond motifs is 2. The van der Waals surface area contributed by atoms with E-state index in [1.54, 1.807) is 72.8 Å². The lowest BCUT2D eigenvalue weighted by Gasteiger charge is -2.13. The van der Waals surface area contributed by atoms with E-state index in [2.05, 4.69) is 30.8 Å². The number of anilines is 2. The summed E-state index contributed by atoms with van der Waals surface area (Å²) in [6.07, 6.45) is -6.42. The zero-order valence-corrected chi connectivity index (χ0v) is 28.7. The van der Waals surface area contributed by atoms with Gasteiger partial charge in [0.1, 0.15) is 54.2 Å². The number of alkyl halides is 2. The van der Waals surface area contributed by atoms with E-state index in [1.807, 2.05) is 19.1 Å². The number of nitrogens with zero attached hydrogens (tertiary/aromatic N) is 6. The van der Waals surface area contributed by atoms with Gasteiger partial charge in [0.2, 0.25) is 0 Å². The third-order valence-electron chi connectivity index (χ3n) is 9.30. The molecule has 2 aliphatic heterocycles. The molecule has 54 heavy (non-hydrogen) atoms. The highest BCUT2D eigenvalue weighted by Crippen LogP contribution is 2.38. The molecule has 2 amide bonds. The van der Waals surface area contributed by atoms with E-state index in [0.717, 1.165) is 0 Å². The number of benzene rings is 2. The molecule has 0 saturated carbocycles. The van der Waals surface area contributed by atoms with Crippen LogP contribution < -0.4 is 10.6 Å². The third-order valence-corrected chi connectivity index (χ3v) is 9.30. The SMILES string of the molecule is CC[C@H]1O[C@@H](c2ccc3c(NC(=O)c4ccccc4)ncnn23)[C@H](F)[C@@H]1O.O=C(Nc1ncnn2c([C@@H]3O[C@H](CO)[C@@H](O)[C@H]3F)ccc12)c1ccccc1. The Morgan fingerprint density at radius 1 is 0.685 bits per heavy atom. The molecule has 2 aromatic carbocycles. The molecule has 2 fully saturated rings. The lowest BCUT2D eigenvalue weighted by Crippen LogP contribution is -2.30. The normalized spacial score (nSPS) is 25.0. The minimum Gasteiger partial charge on any atom is -0.394 e. The second-order valence-corrected chi connectivity index (χ2v) is 12.6. The smallest absolute Gasteiger partial charge is 0.256 e. The number of hydrogen-bond donors (Lipinski definition) is 5. The zero-order valence-electron chi connectivity index (χ0n) is 28.7. The second-order valence-electron chi connectivity index (χ2n) is 12.6. The van der Waals surface area contributed by atoms with Gasteiger partial charge in [0.25, 0.3) is 11.8 Å². The minimum absolute atomic E-state index is 0.262. The Morgan fingerprint density at radius 2 is 1.11 bits per heavy atom. The Bertz CT molecular complexity index is 2080. The highest BCUT2D eigenvalue weighted by Gasteiger charge is 2.46. The van der Waals surface area contributed by atoms with E-state index in [0.29, 0.717) is 45.8 Å². The number of hydrogen-bond acceptors (Lipinski definition) is 11. The van der Waals surface area contributed by atoms with Gasteiger partial charge in [0.15, 0.2) is 24.0 Å². The molecule has 6 heterocycles. The fraction of sp³-hybridized carbons (Fsp3) is 0.297. The first-order valence-electron chi connectivity index (χ1n) is 17.1. The number of nitrogens with one attached hydrogen (secondary N) is 2. The molecule has 5 N–H and O–H groups in total. The highest BCUT2D eigenvalue weighted by molar-refractivity contribution is 6.06. The summed E-state index contributed by atoms with van der Waals surface area (Å²) in [6.45, 7) is 1.34. The van der Waals surface area contributed by atoms with E-state index in [1.165, 1.54) is 21.7 Å². The van der Waals surface area contributed by atoms with Crippen molar-refractivity contribution in [1.82, 2.24) is 29.2 Å². The summed E-state index contributed by atoms with van der Waals surface area (Å²) in [5.74, 6) is -0.0695. The standard InChI is InChI=1S/C19H19FN4O3.C18H17FN4O4/c1-2-14-16(25)15(20)17(27-14)12-8-9-13-18(21-10-22-24(12)13)23-19(26)11-6-4-3-5-7-11;19-14-15(25)13(8-24)27-16(14)11-6-7-12-17(20-9-21-23(11)12)22-18(26)10-4-2-1-3-5-10/h3-10,14-17,25H,2H2,1H3,(H,21,22,23,26);1-7,9,13-16,24-25H,8H2,(H,20,21,22,26)/t14-,15-,16-,17+;13-,14-,15-,16+/m11/s1. The number of aliphatic hydroxyl groups excluding tert-OH is 3. The molecule has 15 nitrogen and oxygen atoms in total. The van der Waals surface area contributed by atoms with E-state index >= 15 is 0 Å². The molecular weight excluding hydrogens is 706 g/mol. The van der Waals surface area contributed by atoms with Crippen LogP contribution in [0.2, 0.25) is 0 Å². The van der Waals surface area contributed by atoms with E-state index in [9.17, 15) is 33.7 Å². The summed E-state index contributed by atoms with van der Waals surface area (Å²) >= 11 is 0. The number of ether oxygens (including phenoxy) is 2. The van der Waals surface area contributed by atoms with Crippen molar-refractivity contribution in [2.75, 3.05) is 17.2 Å². The van der Waals surface area contributed by atoms with Gasteiger partial charge in [-0.1, -0.05) is 43.3 Å². The van der Waals surface area contributed by atoms with Crippen LogP contribution in [0, 0.1) is 0 Å². The number of rotatable bonds is 8. The van der Waals surface area contributed by atoms with Gasteiger partial charge < -0.3 is 35.4 Å². The Hall–Kier alpha value is -5.72. The van der Waals surface area contributed by atoms with Crippen LogP contribution in [0.5, 0.6) is 0 Å². The number of aromatic nitrogens is 6. The summed E-state index contributed by atoms with van der Waals surface area (Å²) in [5, 5.41) is 42.8. The quantitative estimate of drug-likeness (QED) is 0.153. The molecule has 0 radical (unpaired) electrons. The van der Waals surface area contributed by atoms with E-state index in [4.69, 9.17) is 9.47 Å². The van der Waals surface area contributed by atoms with Crippen LogP contribution >= 0.6 is 0 Å². The molecule has 0 bridgehead atoms. The van der Waals surface area contributed by atoms with Crippen molar-refractivity contribution in [1.29, 1.82) is 0 Å². The van der Waals surface area contributed by atoms with Gasteiger partial charge in [-0.3, -0.25) is 9.59 Å². The van der Waals surface area contributed by atoms with Crippen LogP contribution in [0.4, 0.5) is 20.4 Å². The summed E-state index contributed by atoms with van der Waals surface area (Å²) in [5.41, 5.74) is 2.75. The van der Waals surface area contributed by atoms with Crippen molar-refractivity contribution in [3.63, 3.8) is 0 Å². The molecule has 280 valence electrons. The Kier molecular flexibility index (Phi) is 10.7. The van der Waals surface area contributed by atoms with Crippen LogP contribution in [0.25, 0.3) is 11.0 Å². The topological polar surface area (TPSA) is 198 Å². The second kappa shape index (κ2) is 15.7. The molecule has 2 saturated heterocycles. The fourth-order valence-corrected chi connectivity index (χ4v) is 6.48. The molecular formula is C37H36F2N8O7. The van der Waals surface area contributed by atoms with Gasteiger partial charge in [-0.2, -0.15) is 10.2 Å². The van der Waals surface area contributed by atoms with Gasteiger partial charge in [-0.05, 0) is 55.0 Å². The largest absolute Gasteiger partial charge is 0.394 e. The first-order valence-corrected chi connectivity index (χ1v) is 17.1. The predicted molar refractivity (Wildman–Crippen MR) is 189 cm³/mol. The maximum atomic E-state index is 14.5. The van der Waals surface area contributed by atoms with Crippen LogP contribution in [0.3, 0.4) is 0 Å². The van der Waals surface area contributed by atoms with Crippen LogP contribution in [0.1, 0.15) is 57.7 Å². The Balaban J connectivity index is 0.000000167. The van der Waals surface area contributed by atoms with Gasteiger partial charge in [-0.25, -0.2) is 27.8 Å². The average molecular weight is 743 g/mol. The highest BCUT2D eigenvalue weighted by atomic mass is 19.1. The third kappa shape index (κ3) is 7.02. The first kappa shape index (κ1) is 36.6. The van der Waals surface area contributed by atoms with E-state index in [-0.39, 0.29) is 17.6 Å². The van der Waals surface area contributed by atoms with Crippen LogP contribution in [-0.2, 0) is 9.47 Å². The minimum atomic E-state index is -1.71. The zero-order chi connectivity index (χ0) is 37.9. The lowest BCUT2D eigenvalue weighted by atomic mass is 10.1. The molecule has 0 unspecified atom stereocenters. The molecule has 0 aliphatic carbocycles. The maximum absolute atomic E-state index is 14.5. The van der Waals surface area contributed by atoms with Crippen molar-refractivity contribution >= 4 is 34.5 Å². The summed E-state index contributed by atoms with van der Waals surface area (Å²) in [4.78, 5) is 33.0. The Labute approximate surface area is 306 Å². The summed E-state index contributed by atoms with van der Waals surface area (Å²) in [6, 6.07) is 24.0. The number of carbonyl (C=O) groups is 2. The lowest BCUT2D eigenvalue weighted by molar-refractivity contribution is -0.0241. The van der Waals surface area contributed by atoms with E-state index < -0.39 is 55.6 Å². The molecule has 0 spiro atoms. The molecule has 2 aliphatic rings. The monoisotopic (exact) mass is 742 g/mol. The predicted octanol–water partition coefficient (Wildman–Crippen LogP) is 3.64. The first-order chi connectivity index (χ1) is 26.2. The van der Waals surface area contributed by atoms with Crippen molar-refractivity contribution in [3.05, 3.63) is 120 Å². The van der Waals surface area contributed by atoms with Crippen molar-refractivity contribution in [2.45, 2.75) is 62.3 Å².